The molecule has 2 unspecified atom stereocenters. The molecule has 0 aromatic carbocycles. The van der Waals surface area contributed by atoms with Crippen molar-refractivity contribution in [2.45, 2.75) is 45.6 Å². The van der Waals surface area contributed by atoms with Gasteiger partial charge < -0.3 is 0 Å². The first-order valence-corrected chi connectivity index (χ1v) is 8.81. The van der Waals surface area contributed by atoms with Gasteiger partial charge in [0.2, 0.25) is 0 Å². The first kappa shape index (κ1) is 15.0. The smallest absolute Gasteiger partial charge is 0.275 e. The molecular formula is C16H25N3OS. The topological polar surface area (TPSA) is 58.4 Å². The predicted octanol–water partition coefficient (Wildman–Crippen LogP) is 2.67. The third kappa shape index (κ3) is 3.30. The number of likely N-dealkylation sites (tertiary alicyclic amines) is 1. The largest absolute Gasteiger partial charge is 0.299 e. The molecule has 1 aliphatic heterocycles. The lowest BCUT2D eigenvalue weighted by atomic mass is 9.75. The maximum atomic E-state index is 11.6. The Kier molecular flexibility index (Phi) is 4.62. The Bertz CT molecular complexity index is 514. The van der Waals surface area contributed by atoms with Crippen LogP contribution in [0.2, 0.25) is 0 Å². The Balaban J connectivity index is 1.64. The lowest BCUT2D eigenvalue weighted by Gasteiger charge is -2.41. The maximum Gasteiger partial charge on any atom is 0.275 e. The zero-order valence-corrected chi connectivity index (χ0v) is 13.5. The molecule has 0 radical (unpaired) electrons. The molecule has 2 aliphatic rings. The molecular weight excluding hydrogens is 282 g/mol. The number of carbonyl (C=O) groups excluding carboxylic acids is 1. The van der Waals surface area contributed by atoms with Crippen molar-refractivity contribution in [3.63, 3.8) is 0 Å². The molecule has 3 N–H and O–H groups in total. The molecule has 3 rings (SSSR count). The van der Waals surface area contributed by atoms with Crippen LogP contribution in [0, 0.1) is 18.8 Å². The lowest BCUT2D eigenvalue weighted by molar-refractivity contribution is 0.0820. The van der Waals surface area contributed by atoms with E-state index in [-0.39, 0.29) is 5.91 Å². The van der Waals surface area contributed by atoms with Gasteiger partial charge in [-0.05, 0) is 49.8 Å². The average molecular weight is 307 g/mol. The number of thiophene rings is 1. The van der Waals surface area contributed by atoms with Gasteiger partial charge in [0.05, 0.1) is 4.88 Å². The van der Waals surface area contributed by atoms with Crippen molar-refractivity contribution in [1.29, 1.82) is 0 Å². The Morgan fingerprint density at radius 1 is 1.38 bits per heavy atom. The second kappa shape index (κ2) is 6.46. The van der Waals surface area contributed by atoms with E-state index < -0.39 is 0 Å². The molecule has 5 heteroatoms. The fourth-order valence-corrected chi connectivity index (χ4v) is 4.86. The first-order valence-electron chi connectivity index (χ1n) is 8.00. The number of rotatable bonds is 3. The van der Waals surface area contributed by atoms with Gasteiger partial charge in [0.25, 0.3) is 5.91 Å². The van der Waals surface area contributed by atoms with Gasteiger partial charge in [-0.15, -0.1) is 11.3 Å². The van der Waals surface area contributed by atoms with E-state index in [1.807, 2.05) is 6.07 Å². The Labute approximate surface area is 130 Å². The summed E-state index contributed by atoms with van der Waals surface area (Å²) in [5.41, 5.74) is 3.51. The van der Waals surface area contributed by atoms with Gasteiger partial charge in [0.1, 0.15) is 0 Å². The van der Waals surface area contributed by atoms with Crippen LogP contribution in [0.4, 0.5) is 0 Å². The molecule has 1 aromatic heterocycles. The highest BCUT2D eigenvalue weighted by atomic mass is 32.1. The van der Waals surface area contributed by atoms with Crippen LogP contribution in [0.15, 0.2) is 6.07 Å². The number of nitrogens with two attached hydrogens (primary N) is 1. The molecule has 1 saturated carbocycles. The van der Waals surface area contributed by atoms with E-state index in [2.05, 4.69) is 17.2 Å². The van der Waals surface area contributed by atoms with Crippen LogP contribution in [0.1, 0.15) is 52.2 Å². The molecule has 1 aromatic rings. The Morgan fingerprint density at radius 3 is 2.90 bits per heavy atom. The summed E-state index contributed by atoms with van der Waals surface area (Å²) < 4.78 is 0. The fourth-order valence-electron chi connectivity index (χ4n) is 3.92. The van der Waals surface area contributed by atoms with Gasteiger partial charge in [-0.3, -0.25) is 15.1 Å². The first-order chi connectivity index (χ1) is 10.2. The second-order valence-electron chi connectivity index (χ2n) is 6.49. The van der Waals surface area contributed by atoms with Gasteiger partial charge in [-0.1, -0.05) is 19.3 Å². The summed E-state index contributed by atoms with van der Waals surface area (Å²) in [6.07, 6.45) is 7.04. The number of piperidine rings is 1. The molecule has 2 heterocycles. The highest BCUT2D eigenvalue weighted by Crippen LogP contribution is 2.36. The van der Waals surface area contributed by atoms with Gasteiger partial charge in [0, 0.05) is 18.0 Å². The van der Waals surface area contributed by atoms with Crippen molar-refractivity contribution >= 4 is 17.2 Å². The number of hydrogen-bond acceptors (Lipinski definition) is 4. The monoisotopic (exact) mass is 307 g/mol. The number of amides is 1. The van der Waals surface area contributed by atoms with Crippen LogP contribution in [-0.2, 0) is 6.54 Å². The van der Waals surface area contributed by atoms with Crippen molar-refractivity contribution < 1.29 is 4.79 Å². The molecule has 2 atom stereocenters. The highest BCUT2D eigenvalue weighted by Gasteiger charge is 2.31. The fraction of sp³-hybridized carbons (Fsp3) is 0.688. The summed E-state index contributed by atoms with van der Waals surface area (Å²) in [5.74, 6) is 6.91. The summed E-state index contributed by atoms with van der Waals surface area (Å²) in [6, 6.07) is 2.01. The van der Waals surface area contributed by atoms with Gasteiger partial charge in [0.15, 0.2) is 0 Å². The average Bonchev–Trinajstić information content (AvgIpc) is 2.87. The minimum Gasteiger partial charge on any atom is -0.299 e. The van der Waals surface area contributed by atoms with Crippen molar-refractivity contribution in [2.24, 2.45) is 17.7 Å². The summed E-state index contributed by atoms with van der Waals surface area (Å²) >= 11 is 1.54. The Hall–Kier alpha value is -0.910. The zero-order chi connectivity index (χ0) is 14.8. The number of nitrogen functional groups attached to an aromatic ring is 1. The zero-order valence-electron chi connectivity index (χ0n) is 12.7. The standard InChI is InChI=1S/C16H25N3OS/c1-11-14(8-15(21-11)16(20)18-17)10-19-7-6-12-4-2-3-5-13(12)9-19/h8,12-13H,2-7,9-10,17H2,1H3,(H,18,20). The minimum atomic E-state index is -0.180. The Morgan fingerprint density at radius 2 is 2.14 bits per heavy atom. The van der Waals surface area contributed by atoms with Crippen LogP contribution < -0.4 is 11.3 Å². The predicted molar refractivity (Wildman–Crippen MR) is 86.1 cm³/mol. The summed E-state index contributed by atoms with van der Waals surface area (Å²) in [6.45, 7) is 5.51. The van der Waals surface area contributed by atoms with Crippen molar-refractivity contribution in [2.75, 3.05) is 13.1 Å². The molecule has 1 amide bonds. The van der Waals surface area contributed by atoms with E-state index in [1.54, 1.807) is 0 Å². The lowest BCUT2D eigenvalue weighted by Crippen LogP contribution is -2.41. The van der Waals surface area contributed by atoms with Crippen LogP contribution in [-0.4, -0.2) is 23.9 Å². The molecule has 0 bridgehead atoms. The van der Waals surface area contributed by atoms with Gasteiger partial charge >= 0.3 is 0 Å². The van der Waals surface area contributed by atoms with E-state index in [0.29, 0.717) is 0 Å². The van der Waals surface area contributed by atoms with Crippen molar-refractivity contribution in [3.8, 4) is 0 Å². The van der Waals surface area contributed by atoms with E-state index in [0.717, 1.165) is 23.3 Å². The summed E-state index contributed by atoms with van der Waals surface area (Å²) in [5, 5.41) is 0. The molecule has 21 heavy (non-hydrogen) atoms. The third-order valence-corrected chi connectivity index (χ3v) is 6.24. The quantitative estimate of drug-likeness (QED) is 0.513. The van der Waals surface area contributed by atoms with E-state index in [1.165, 1.54) is 67.0 Å². The summed E-state index contributed by atoms with van der Waals surface area (Å²) in [4.78, 5) is 16.2. The van der Waals surface area contributed by atoms with Crippen LogP contribution in [0.5, 0.6) is 0 Å². The molecule has 1 aliphatic carbocycles. The molecule has 0 spiro atoms. The molecule has 4 nitrogen and oxygen atoms in total. The van der Waals surface area contributed by atoms with E-state index >= 15 is 0 Å². The number of nitrogens with zero attached hydrogens (tertiary/aromatic N) is 1. The van der Waals surface area contributed by atoms with Gasteiger partial charge in [-0.2, -0.15) is 0 Å². The highest BCUT2D eigenvalue weighted by molar-refractivity contribution is 7.14. The van der Waals surface area contributed by atoms with Crippen LogP contribution in [0.25, 0.3) is 0 Å². The number of nitrogens with one attached hydrogen (secondary N) is 1. The van der Waals surface area contributed by atoms with Crippen LogP contribution in [0.3, 0.4) is 0 Å². The van der Waals surface area contributed by atoms with E-state index in [4.69, 9.17) is 5.84 Å². The normalized spacial score (nSPS) is 26.4. The number of carbonyl (C=O) groups is 1. The molecule has 2 fully saturated rings. The van der Waals surface area contributed by atoms with Crippen molar-refractivity contribution in [1.82, 2.24) is 10.3 Å². The number of aryl methyl sites for hydroxylation is 1. The number of hydrogen-bond donors (Lipinski definition) is 2. The number of fused-ring (bicyclic) bond motifs is 1. The maximum absolute atomic E-state index is 11.6. The summed E-state index contributed by atoms with van der Waals surface area (Å²) in [7, 11) is 0. The second-order valence-corrected chi connectivity index (χ2v) is 7.75. The SMILES string of the molecule is Cc1sc(C(=O)NN)cc1CN1CCC2CCCCC2C1. The molecule has 1 saturated heterocycles. The van der Waals surface area contributed by atoms with Crippen LogP contribution >= 0.6 is 11.3 Å². The number of hydrazine groups is 1. The van der Waals surface area contributed by atoms with Crippen molar-refractivity contribution in [3.05, 3.63) is 21.4 Å². The van der Waals surface area contributed by atoms with E-state index in [9.17, 15) is 4.79 Å². The molecule has 116 valence electrons. The van der Waals surface area contributed by atoms with Gasteiger partial charge in [-0.25, -0.2) is 5.84 Å². The third-order valence-electron chi connectivity index (χ3n) is 5.14. The minimum absolute atomic E-state index is 0.180.